The Balaban J connectivity index is 2.11. The summed E-state index contributed by atoms with van der Waals surface area (Å²) in [5.74, 6) is -0.345. The Morgan fingerprint density at radius 3 is 2.59 bits per heavy atom. The Hall–Kier alpha value is -2.69. The van der Waals surface area contributed by atoms with Crippen molar-refractivity contribution in [1.82, 2.24) is 0 Å². The van der Waals surface area contributed by atoms with Crippen molar-refractivity contribution in [3.05, 3.63) is 63.7 Å². The van der Waals surface area contributed by atoms with Gasteiger partial charge >= 0.3 is 5.69 Å². The molecule has 5 heteroatoms. The Labute approximate surface area is 129 Å². The highest BCUT2D eigenvalue weighted by Gasteiger charge is 2.12. The second kappa shape index (κ2) is 7.36. The minimum atomic E-state index is -0.616. The number of aryl methyl sites for hydroxylation is 1. The molecule has 1 N–H and O–H groups in total. The molecule has 0 atom stereocenters. The van der Waals surface area contributed by atoms with Crippen molar-refractivity contribution in [3.8, 4) is 5.75 Å². The van der Waals surface area contributed by atoms with Crippen LogP contribution in [-0.4, -0.2) is 16.2 Å². The van der Waals surface area contributed by atoms with Gasteiger partial charge in [0.15, 0.2) is 5.75 Å². The topological polar surface area (TPSA) is 75.7 Å². The van der Waals surface area contributed by atoms with Crippen molar-refractivity contribution in [2.45, 2.75) is 26.2 Å². The summed E-state index contributed by atoms with van der Waals surface area (Å²) in [6.07, 6.45) is 4.94. The van der Waals surface area contributed by atoms with Crippen molar-refractivity contribution in [1.29, 1.82) is 0 Å². The quantitative estimate of drug-likeness (QED) is 0.488. The molecule has 0 bridgehead atoms. The second-order valence-corrected chi connectivity index (χ2v) is 5.03. The molecule has 0 radical (unpaired) electrons. The molecule has 0 heterocycles. The molecule has 0 fully saturated rings. The number of unbranched alkanes of at least 4 members (excludes halogenated alkanes) is 1. The Morgan fingerprint density at radius 2 is 1.95 bits per heavy atom. The van der Waals surface area contributed by atoms with Gasteiger partial charge in [-0.1, -0.05) is 25.5 Å². The first-order valence-electron chi connectivity index (χ1n) is 7.20. The van der Waals surface area contributed by atoms with E-state index in [4.69, 9.17) is 0 Å². The van der Waals surface area contributed by atoms with Crippen molar-refractivity contribution >= 4 is 17.6 Å². The number of nitro groups is 1. The fraction of sp³-hybridized carbons (Fsp3) is 0.235. The van der Waals surface area contributed by atoms with Crippen LogP contribution in [0, 0.1) is 10.1 Å². The number of aliphatic imine (C=N–C) groups is 1. The number of benzene rings is 2. The molecular formula is C17H18N2O3. The van der Waals surface area contributed by atoms with Gasteiger partial charge in [0, 0.05) is 12.3 Å². The van der Waals surface area contributed by atoms with E-state index < -0.39 is 4.92 Å². The molecule has 2 aromatic carbocycles. The zero-order valence-corrected chi connectivity index (χ0v) is 12.4. The number of hydrogen-bond donors (Lipinski definition) is 1. The zero-order chi connectivity index (χ0) is 15.9. The first kappa shape index (κ1) is 15.7. The molecule has 22 heavy (non-hydrogen) atoms. The van der Waals surface area contributed by atoms with Crippen molar-refractivity contribution in [2.75, 3.05) is 0 Å². The van der Waals surface area contributed by atoms with E-state index in [2.05, 4.69) is 11.9 Å². The van der Waals surface area contributed by atoms with Gasteiger partial charge < -0.3 is 5.11 Å². The predicted molar refractivity (Wildman–Crippen MR) is 87.1 cm³/mol. The van der Waals surface area contributed by atoms with E-state index in [1.54, 1.807) is 12.3 Å². The first-order valence-corrected chi connectivity index (χ1v) is 7.20. The van der Waals surface area contributed by atoms with E-state index >= 15 is 0 Å². The molecule has 5 nitrogen and oxygen atoms in total. The monoisotopic (exact) mass is 298 g/mol. The second-order valence-electron chi connectivity index (χ2n) is 5.03. The van der Waals surface area contributed by atoms with Crippen LogP contribution in [0.1, 0.15) is 30.9 Å². The fourth-order valence-corrected chi connectivity index (χ4v) is 2.05. The summed E-state index contributed by atoms with van der Waals surface area (Å²) >= 11 is 0. The molecule has 0 aliphatic heterocycles. The van der Waals surface area contributed by atoms with Gasteiger partial charge in [-0.3, -0.25) is 15.1 Å². The molecule has 0 amide bonds. The smallest absolute Gasteiger partial charge is 0.311 e. The highest BCUT2D eigenvalue weighted by atomic mass is 16.6. The number of rotatable bonds is 6. The molecule has 0 spiro atoms. The third-order valence-corrected chi connectivity index (χ3v) is 3.31. The number of phenols is 1. The molecule has 2 aromatic rings. The number of nitro benzene ring substituents is 1. The van der Waals surface area contributed by atoms with Crippen LogP contribution in [0.4, 0.5) is 11.4 Å². The summed E-state index contributed by atoms with van der Waals surface area (Å²) in [6.45, 7) is 2.16. The van der Waals surface area contributed by atoms with Crippen molar-refractivity contribution in [2.24, 2.45) is 4.99 Å². The number of phenolic OH excluding ortho intramolecular Hbond substituents is 1. The molecule has 2 rings (SSSR count). The van der Waals surface area contributed by atoms with Gasteiger partial charge in [-0.15, -0.1) is 0 Å². The first-order chi connectivity index (χ1) is 10.6. The van der Waals surface area contributed by atoms with Gasteiger partial charge in [0.25, 0.3) is 0 Å². The average Bonchev–Trinajstić information content (AvgIpc) is 2.53. The highest BCUT2D eigenvalue weighted by Crippen LogP contribution is 2.26. The molecule has 0 aromatic heterocycles. The predicted octanol–water partition coefficient (Wildman–Crippen LogP) is 4.39. The van der Waals surface area contributed by atoms with Gasteiger partial charge in [0.1, 0.15) is 0 Å². The van der Waals surface area contributed by atoms with Crippen molar-refractivity contribution in [3.63, 3.8) is 0 Å². The van der Waals surface area contributed by atoms with Crippen LogP contribution in [0.3, 0.4) is 0 Å². The minimum absolute atomic E-state index is 0.320. The number of aromatic hydroxyl groups is 1. The highest BCUT2D eigenvalue weighted by molar-refractivity contribution is 5.83. The minimum Gasteiger partial charge on any atom is -0.502 e. The Morgan fingerprint density at radius 1 is 1.23 bits per heavy atom. The van der Waals surface area contributed by atoms with Crippen LogP contribution in [0.2, 0.25) is 0 Å². The SMILES string of the molecule is CCCCc1ccc(N=Cc2ccc(O)c([N+](=O)[O-])c2)cc1. The summed E-state index contributed by atoms with van der Waals surface area (Å²) in [5, 5.41) is 20.2. The zero-order valence-electron chi connectivity index (χ0n) is 12.4. The summed E-state index contributed by atoms with van der Waals surface area (Å²) in [5.41, 5.74) is 2.32. The standard InChI is InChI=1S/C17H18N2O3/c1-2-3-4-13-5-8-15(9-6-13)18-12-14-7-10-17(20)16(11-14)19(21)22/h5-12,20H,2-4H2,1H3. The summed E-state index contributed by atoms with van der Waals surface area (Å²) in [7, 11) is 0. The van der Waals surface area contributed by atoms with Crippen LogP contribution in [0.15, 0.2) is 47.5 Å². The maximum absolute atomic E-state index is 10.8. The molecule has 0 unspecified atom stereocenters. The van der Waals surface area contributed by atoms with E-state index in [9.17, 15) is 15.2 Å². The van der Waals surface area contributed by atoms with Crippen LogP contribution < -0.4 is 0 Å². The van der Waals surface area contributed by atoms with Crippen LogP contribution in [0.5, 0.6) is 5.75 Å². The van der Waals surface area contributed by atoms with E-state index in [-0.39, 0.29) is 11.4 Å². The Kier molecular flexibility index (Phi) is 5.25. The third kappa shape index (κ3) is 4.15. The van der Waals surface area contributed by atoms with E-state index in [0.29, 0.717) is 5.56 Å². The molecule has 0 saturated carbocycles. The van der Waals surface area contributed by atoms with Crippen LogP contribution >= 0.6 is 0 Å². The lowest BCUT2D eigenvalue weighted by Crippen LogP contribution is -1.90. The maximum Gasteiger partial charge on any atom is 0.311 e. The molecule has 0 aliphatic carbocycles. The van der Waals surface area contributed by atoms with Gasteiger partial charge in [-0.25, -0.2) is 0 Å². The normalized spacial score (nSPS) is 11.0. The van der Waals surface area contributed by atoms with Gasteiger partial charge in [-0.05, 0) is 48.2 Å². The Bertz CT molecular complexity index is 679. The number of nitrogens with zero attached hydrogens (tertiary/aromatic N) is 2. The summed E-state index contributed by atoms with van der Waals surface area (Å²) in [4.78, 5) is 14.5. The fourth-order valence-electron chi connectivity index (χ4n) is 2.05. The molecular weight excluding hydrogens is 280 g/mol. The van der Waals surface area contributed by atoms with Crippen molar-refractivity contribution < 1.29 is 10.0 Å². The van der Waals surface area contributed by atoms with Crippen LogP contribution in [0.25, 0.3) is 0 Å². The lowest BCUT2D eigenvalue weighted by atomic mass is 10.1. The summed E-state index contributed by atoms with van der Waals surface area (Å²) < 4.78 is 0. The molecule has 0 saturated heterocycles. The van der Waals surface area contributed by atoms with Gasteiger partial charge in [-0.2, -0.15) is 0 Å². The van der Waals surface area contributed by atoms with E-state index in [0.717, 1.165) is 12.1 Å². The maximum atomic E-state index is 10.8. The van der Waals surface area contributed by atoms with E-state index in [1.807, 2.05) is 24.3 Å². The van der Waals surface area contributed by atoms with Crippen LogP contribution in [-0.2, 0) is 6.42 Å². The number of hydrogen-bond acceptors (Lipinski definition) is 4. The largest absolute Gasteiger partial charge is 0.502 e. The van der Waals surface area contributed by atoms with E-state index in [1.165, 1.54) is 30.5 Å². The third-order valence-electron chi connectivity index (χ3n) is 3.31. The molecule has 0 aliphatic rings. The van der Waals surface area contributed by atoms with Gasteiger partial charge in [0.2, 0.25) is 0 Å². The lowest BCUT2D eigenvalue weighted by Gasteiger charge is -2.00. The van der Waals surface area contributed by atoms with Gasteiger partial charge in [0.05, 0.1) is 10.6 Å². The molecule has 114 valence electrons. The lowest BCUT2D eigenvalue weighted by molar-refractivity contribution is -0.385. The average molecular weight is 298 g/mol. The summed E-state index contributed by atoms with van der Waals surface area (Å²) in [6, 6.07) is 12.1.